The van der Waals surface area contributed by atoms with Crippen molar-refractivity contribution in [1.82, 2.24) is 5.32 Å². The standard InChI is InChI=1S/C18H28N2O2/c1-6-7-17(19-13(2)3)12-14(4)22-18-10-8-16(9-11-18)20-15(5)21/h6,8-11,13-14,17,19H,1,7,12H2,2-5H3,(H,20,21). The smallest absolute Gasteiger partial charge is 0.221 e. The van der Waals surface area contributed by atoms with Crippen LogP contribution in [0, 0.1) is 0 Å². The summed E-state index contributed by atoms with van der Waals surface area (Å²) in [6.45, 7) is 11.7. The monoisotopic (exact) mass is 304 g/mol. The number of ether oxygens (including phenoxy) is 1. The highest BCUT2D eigenvalue weighted by molar-refractivity contribution is 5.88. The minimum atomic E-state index is -0.0749. The SMILES string of the molecule is C=CCC(CC(C)Oc1ccc(NC(C)=O)cc1)NC(C)C. The topological polar surface area (TPSA) is 50.4 Å². The van der Waals surface area contributed by atoms with Crippen molar-refractivity contribution in [3.63, 3.8) is 0 Å². The second-order valence-corrected chi connectivity index (χ2v) is 5.91. The van der Waals surface area contributed by atoms with Gasteiger partial charge in [-0.2, -0.15) is 0 Å². The van der Waals surface area contributed by atoms with Crippen LogP contribution in [0.15, 0.2) is 36.9 Å². The number of carbonyl (C=O) groups excluding carboxylic acids is 1. The summed E-state index contributed by atoms with van der Waals surface area (Å²) in [7, 11) is 0. The van der Waals surface area contributed by atoms with Crippen LogP contribution in [0.2, 0.25) is 0 Å². The third-order valence-electron chi connectivity index (χ3n) is 3.15. The van der Waals surface area contributed by atoms with Gasteiger partial charge in [0.15, 0.2) is 0 Å². The average Bonchev–Trinajstić information content (AvgIpc) is 2.40. The first-order valence-electron chi connectivity index (χ1n) is 7.82. The average molecular weight is 304 g/mol. The summed E-state index contributed by atoms with van der Waals surface area (Å²) in [6, 6.07) is 8.24. The molecule has 4 nitrogen and oxygen atoms in total. The van der Waals surface area contributed by atoms with Crippen LogP contribution >= 0.6 is 0 Å². The molecule has 0 radical (unpaired) electrons. The normalized spacial score (nSPS) is 13.5. The van der Waals surface area contributed by atoms with Gasteiger partial charge in [0, 0.05) is 24.7 Å². The second kappa shape index (κ2) is 9.26. The summed E-state index contributed by atoms with van der Waals surface area (Å²) in [5, 5.41) is 6.27. The zero-order valence-electron chi connectivity index (χ0n) is 14.1. The molecule has 122 valence electrons. The van der Waals surface area contributed by atoms with Crippen LogP contribution in [0.4, 0.5) is 5.69 Å². The predicted molar refractivity (Wildman–Crippen MR) is 92.3 cm³/mol. The number of hydrogen-bond donors (Lipinski definition) is 2. The first kappa shape index (κ1) is 18.2. The van der Waals surface area contributed by atoms with Crippen LogP contribution < -0.4 is 15.4 Å². The molecule has 0 aliphatic heterocycles. The van der Waals surface area contributed by atoms with Gasteiger partial charge in [-0.25, -0.2) is 0 Å². The number of hydrogen-bond acceptors (Lipinski definition) is 3. The van der Waals surface area contributed by atoms with Gasteiger partial charge in [-0.05, 0) is 44.0 Å². The molecule has 0 aliphatic carbocycles. The van der Waals surface area contributed by atoms with E-state index in [2.05, 4.69) is 38.0 Å². The third-order valence-corrected chi connectivity index (χ3v) is 3.15. The van der Waals surface area contributed by atoms with Gasteiger partial charge in [-0.15, -0.1) is 6.58 Å². The lowest BCUT2D eigenvalue weighted by Crippen LogP contribution is -2.37. The summed E-state index contributed by atoms with van der Waals surface area (Å²) in [4.78, 5) is 11.0. The maximum Gasteiger partial charge on any atom is 0.221 e. The van der Waals surface area contributed by atoms with Crippen LogP contribution in [0.25, 0.3) is 0 Å². The van der Waals surface area contributed by atoms with Crippen LogP contribution in [-0.2, 0) is 4.79 Å². The maximum absolute atomic E-state index is 11.0. The van der Waals surface area contributed by atoms with E-state index < -0.39 is 0 Å². The van der Waals surface area contributed by atoms with Crippen molar-refractivity contribution in [2.45, 2.75) is 58.7 Å². The maximum atomic E-state index is 11.0. The summed E-state index contributed by atoms with van der Waals surface area (Å²) >= 11 is 0. The minimum Gasteiger partial charge on any atom is -0.491 e. The Morgan fingerprint density at radius 2 is 1.91 bits per heavy atom. The Kier molecular flexibility index (Phi) is 7.67. The van der Waals surface area contributed by atoms with Crippen molar-refractivity contribution < 1.29 is 9.53 Å². The number of nitrogens with one attached hydrogen (secondary N) is 2. The highest BCUT2D eigenvalue weighted by atomic mass is 16.5. The number of benzene rings is 1. The molecule has 2 N–H and O–H groups in total. The summed E-state index contributed by atoms with van der Waals surface area (Å²) in [6.07, 6.45) is 3.88. The van der Waals surface area contributed by atoms with E-state index in [0.29, 0.717) is 12.1 Å². The Morgan fingerprint density at radius 3 is 2.41 bits per heavy atom. The molecule has 0 spiro atoms. The van der Waals surface area contributed by atoms with E-state index in [1.165, 1.54) is 6.92 Å². The molecule has 1 amide bonds. The summed E-state index contributed by atoms with van der Waals surface area (Å²) in [5.74, 6) is 0.734. The van der Waals surface area contributed by atoms with Gasteiger partial charge in [0.05, 0.1) is 6.10 Å². The Hall–Kier alpha value is -1.81. The molecule has 0 aromatic heterocycles. The molecule has 22 heavy (non-hydrogen) atoms. The van der Waals surface area contributed by atoms with Gasteiger partial charge in [0.25, 0.3) is 0 Å². The van der Waals surface area contributed by atoms with E-state index in [0.717, 1.165) is 24.3 Å². The van der Waals surface area contributed by atoms with Crippen LogP contribution in [0.3, 0.4) is 0 Å². The number of anilines is 1. The lowest BCUT2D eigenvalue weighted by molar-refractivity contribution is -0.114. The third kappa shape index (κ3) is 7.27. The van der Waals surface area contributed by atoms with E-state index in [-0.39, 0.29) is 12.0 Å². The second-order valence-electron chi connectivity index (χ2n) is 5.91. The van der Waals surface area contributed by atoms with Gasteiger partial charge < -0.3 is 15.4 Å². The summed E-state index contributed by atoms with van der Waals surface area (Å²) < 4.78 is 5.95. The molecule has 0 bridgehead atoms. The Labute approximate surface area is 133 Å². The summed E-state index contributed by atoms with van der Waals surface area (Å²) in [5.41, 5.74) is 0.776. The molecule has 0 heterocycles. The van der Waals surface area contributed by atoms with Gasteiger partial charge in [-0.3, -0.25) is 4.79 Å². The quantitative estimate of drug-likeness (QED) is 0.683. The van der Waals surface area contributed by atoms with Crippen LogP contribution in [0.5, 0.6) is 5.75 Å². The zero-order valence-corrected chi connectivity index (χ0v) is 14.1. The molecular formula is C18H28N2O2. The molecule has 1 aromatic carbocycles. The van der Waals surface area contributed by atoms with Crippen molar-refractivity contribution in [2.75, 3.05) is 5.32 Å². The van der Waals surface area contributed by atoms with Crippen molar-refractivity contribution in [2.24, 2.45) is 0 Å². The fourth-order valence-electron chi connectivity index (χ4n) is 2.41. The molecule has 0 saturated carbocycles. The molecule has 1 aromatic rings. The Bertz CT molecular complexity index is 468. The van der Waals surface area contributed by atoms with Crippen molar-refractivity contribution >= 4 is 11.6 Å². The Morgan fingerprint density at radius 1 is 1.27 bits per heavy atom. The van der Waals surface area contributed by atoms with Gasteiger partial charge in [0.1, 0.15) is 5.75 Å². The first-order chi connectivity index (χ1) is 10.4. The molecule has 2 atom stereocenters. The molecule has 2 unspecified atom stereocenters. The van der Waals surface area contributed by atoms with Crippen molar-refractivity contribution in [1.29, 1.82) is 0 Å². The molecule has 0 saturated heterocycles. The Balaban J connectivity index is 2.53. The minimum absolute atomic E-state index is 0.0749. The molecule has 1 rings (SSSR count). The fraction of sp³-hybridized carbons (Fsp3) is 0.500. The zero-order chi connectivity index (χ0) is 16.5. The van der Waals surface area contributed by atoms with E-state index in [4.69, 9.17) is 4.74 Å². The lowest BCUT2D eigenvalue weighted by atomic mass is 10.1. The van der Waals surface area contributed by atoms with Crippen molar-refractivity contribution in [3.8, 4) is 5.75 Å². The highest BCUT2D eigenvalue weighted by Crippen LogP contribution is 2.18. The van der Waals surface area contributed by atoms with Crippen LogP contribution in [0.1, 0.15) is 40.5 Å². The van der Waals surface area contributed by atoms with Crippen LogP contribution in [-0.4, -0.2) is 24.1 Å². The van der Waals surface area contributed by atoms with Gasteiger partial charge >= 0.3 is 0 Å². The molecule has 0 fully saturated rings. The van der Waals surface area contributed by atoms with E-state index >= 15 is 0 Å². The number of amides is 1. The predicted octanol–water partition coefficient (Wildman–Crippen LogP) is 3.75. The van der Waals surface area contributed by atoms with Crippen molar-refractivity contribution in [3.05, 3.63) is 36.9 Å². The number of rotatable bonds is 9. The number of carbonyl (C=O) groups is 1. The van der Waals surface area contributed by atoms with E-state index in [9.17, 15) is 4.79 Å². The van der Waals surface area contributed by atoms with E-state index in [1.807, 2.05) is 30.3 Å². The largest absolute Gasteiger partial charge is 0.491 e. The van der Waals surface area contributed by atoms with E-state index in [1.54, 1.807) is 0 Å². The first-order valence-corrected chi connectivity index (χ1v) is 7.82. The molecular weight excluding hydrogens is 276 g/mol. The lowest BCUT2D eigenvalue weighted by Gasteiger charge is -2.24. The highest BCUT2D eigenvalue weighted by Gasteiger charge is 2.14. The molecule has 0 aliphatic rings. The van der Waals surface area contributed by atoms with Gasteiger partial charge in [0.2, 0.25) is 5.91 Å². The van der Waals surface area contributed by atoms with Gasteiger partial charge in [-0.1, -0.05) is 19.9 Å². The molecule has 4 heteroatoms. The fourth-order valence-corrected chi connectivity index (χ4v) is 2.41.